The second kappa shape index (κ2) is 5.66. The fraction of sp³-hybridized carbons (Fsp3) is 0.571. The lowest BCUT2D eigenvalue weighted by Crippen LogP contribution is -2.42. The van der Waals surface area contributed by atoms with Crippen molar-refractivity contribution in [3.8, 4) is 0 Å². The zero-order valence-electron chi connectivity index (χ0n) is 10.5. The highest BCUT2D eigenvalue weighted by Crippen LogP contribution is 2.33. The number of piperidine rings is 1. The van der Waals surface area contributed by atoms with E-state index in [0.29, 0.717) is 12.1 Å². The zero-order chi connectivity index (χ0) is 13.2. The van der Waals surface area contributed by atoms with Gasteiger partial charge >= 0.3 is 0 Å². The third kappa shape index (κ3) is 3.29. The van der Waals surface area contributed by atoms with E-state index in [1.54, 1.807) is 13.0 Å². The van der Waals surface area contributed by atoms with E-state index in [4.69, 9.17) is 0 Å². The maximum Gasteiger partial charge on any atom is 0.123 e. The molecule has 1 fully saturated rings. The molecule has 0 spiro atoms. The van der Waals surface area contributed by atoms with Crippen LogP contribution in [0, 0.1) is 11.7 Å². The standard InChI is InChI=1S/C14H18BrF2N/c1-14(17,11-3-2-6-18-9-11)8-10-7-12(16)4-5-13(10)15/h4-5,7,11,18H,2-3,6,8-9H2,1H3. The summed E-state index contributed by atoms with van der Waals surface area (Å²) in [7, 11) is 0. The van der Waals surface area contributed by atoms with Crippen LogP contribution in [-0.2, 0) is 6.42 Å². The molecule has 1 heterocycles. The quantitative estimate of drug-likeness (QED) is 0.892. The van der Waals surface area contributed by atoms with Crippen molar-refractivity contribution in [3.63, 3.8) is 0 Å². The SMILES string of the molecule is CC(F)(Cc1cc(F)ccc1Br)C1CCCNC1. The third-order valence-electron chi connectivity index (χ3n) is 3.69. The second-order valence-corrected chi connectivity index (χ2v) is 6.09. The molecule has 0 saturated carbocycles. The first-order valence-corrected chi connectivity index (χ1v) is 7.12. The fourth-order valence-corrected chi connectivity index (χ4v) is 2.95. The Morgan fingerprint density at radius 2 is 2.28 bits per heavy atom. The van der Waals surface area contributed by atoms with Crippen molar-refractivity contribution in [2.75, 3.05) is 13.1 Å². The summed E-state index contributed by atoms with van der Waals surface area (Å²) >= 11 is 3.36. The molecule has 2 rings (SSSR count). The first-order valence-electron chi connectivity index (χ1n) is 6.32. The number of halogens is 3. The molecule has 1 aromatic rings. The molecule has 1 aliphatic rings. The molecule has 4 heteroatoms. The highest BCUT2D eigenvalue weighted by molar-refractivity contribution is 9.10. The Kier molecular flexibility index (Phi) is 4.38. The molecule has 0 radical (unpaired) electrons. The van der Waals surface area contributed by atoms with Crippen molar-refractivity contribution < 1.29 is 8.78 Å². The minimum absolute atomic E-state index is 0.00131. The summed E-state index contributed by atoms with van der Waals surface area (Å²) in [5.41, 5.74) is -0.602. The lowest BCUT2D eigenvalue weighted by Gasteiger charge is -2.34. The maximum atomic E-state index is 14.8. The summed E-state index contributed by atoms with van der Waals surface area (Å²) < 4.78 is 28.8. The second-order valence-electron chi connectivity index (χ2n) is 5.23. The van der Waals surface area contributed by atoms with E-state index in [1.807, 2.05) is 0 Å². The van der Waals surface area contributed by atoms with Crippen molar-refractivity contribution >= 4 is 15.9 Å². The predicted molar refractivity (Wildman–Crippen MR) is 72.9 cm³/mol. The van der Waals surface area contributed by atoms with Gasteiger partial charge < -0.3 is 5.32 Å². The number of rotatable bonds is 3. The zero-order valence-corrected chi connectivity index (χ0v) is 12.1. The van der Waals surface area contributed by atoms with E-state index in [-0.39, 0.29) is 18.2 Å². The molecule has 2 atom stereocenters. The Hall–Kier alpha value is -0.480. The molecular weight excluding hydrogens is 300 g/mol. The van der Waals surface area contributed by atoms with Crippen LogP contribution in [0.3, 0.4) is 0 Å². The molecule has 0 aromatic heterocycles. The highest BCUT2D eigenvalue weighted by atomic mass is 79.9. The molecule has 1 aromatic carbocycles. The number of hydrogen-bond acceptors (Lipinski definition) is 1. The van der Waals surface area contributed by atoms with E-state index in [2.05, 4.69) is 21.2 Å². The molecule has 1 saturated heterocycles. The fourth-order valence-electron chi connectivity index (χ4n) is 2.56. The third-order valence-corrected chi connectivity index (χ3v) is 4.47. The number of nitrogens with one attached hydrogen (secondary N) is 1. The molecule has 2 unspecified atom stereocenters. The van der Waals surface area contributed by atoms with Gasteiger partial charge in [-0.3, -0.25) is 0 Å². The first-order chi connectivity index (χ1) is 8.49. The van der Waals surface area contributed by atoms with Gasteiger partial charge in [0.05, 0.1) is 0 Å². The molecule has 1 aliphatic heterocycles. The smallest absolute Gasteiger partial charge is 0.123 e. The van der Waals surface area contributed by atoms with Gasteiger partial charge in [0.2, 0.25) is 0 Å². The molecule has 100 valence electrons. The van der Waals surface area contributed by atoms with Crippen molar-refractivity contribution in [2.45, 2.75) is 31.9 Å². The minimum atomic E-state index is -1.30. The summed E-state index contributed by atoms with van der Waals surface area (Å²) in [5, 5.41) is 3.23. The highest BCUT2D eigenvalue weighted by Gasteiger charge is 2.35. The van der Waals surface area contributed by atoms with Crippen molar-refractivity contribution in [1.82, 2.24) is 5.32 Å². The van der Waals surface area contributed by atoms with Crippen molar-refractivity contribution in [2.24, 2.45) is 5.92 Å². The number of benzene rings is 1. The van der Waals surface area contributed by atoms with Crippen LogP contribution in [0.1, 0.15) is 25.3 Å². The van der Waals surface area contributed by atoms with Gasteiger partial charge in [-0.15, -0.1) is 0 Å². The van der Waals surface area contributed by atoms with Crippen LogP contribution >= 0.6 is 15.9 Å². The molecule has 0 aliphatic carbocycles. The predicted octanol–water partition coefficient (Wildman–Crippen LogP) is 3.86. The van der Waals surface area contributed by atoms with E-state index < -0.39 is 5.67 Å². The normalized spacial score (nSPS) is 23.7. The molecular formula is C14H18BrF2N. The lowest BCUT2D eigenvalue weighted by molar-refractivity contribution is 0.0831. The molecule has 0 bridgehead atoms. The van der Waals surface area contributed by atoms with Gasteiger partial charge in [0.15, 0.2) is 0 Å². The number of alkyl halides is 1. The van der Waals surface area contributed by atoms with Gasteiger partial charge in [0.1, 0.15) is 11.5 Å². The monoisotopic (exact) mass is 317 g/mol. The minimum Gasteiger partial charge on any atom is -0.316 e. The largest absolute Gasteiger partial charge is 0.316 e. The van der Waals surface area contributed by atoms with Crippen LogP contribution in [0.2, 0.25) is 0 Å². The van der Waals surface area contributed by atoms with Gasteiger partial charge in [-0.2, -0.15) is 0 Å². The van der Waals surface area contributed by atoms with E-state index in [0.717, 1.165) is 23.9 Å². The van der Waals surface area contributed by atoms with Crippen LogP contribution in [0.25, 0.3) is 0 Å². The molecule has 0 amide bonds. The Morgan fingerprint density at radius 3 is 2.94 bits per heavy atom. The molecule has 18 heavy (non-hydrogen) atoms. The van der Waals surface area contributed by atoms with Gasteiger partial charge in [-0.1, -0.05) is 15.9 Å². The van der Waals surface area contributed by atoms with Gasteiger partial charge in [-0.25, -0.2) is 8.78 Å². The Balaban J connectivity index is 2.13. The van der Waals surface area contributed by atoms with Crippen LogP contribution in [0.4, 0.5) is 8.78 Å². The van der Waals surface area contributed by atoms with Gasteiger partial charge in [0, 0.05) is 23.4 Å². The van der Waals surface area contributed by atoms with Crippen molar-refractivity contribution in [3.05, 3.63) is 34.1 Å². The summed E-state index contributed by atoms with van der Waals surface area (Å²) in [4.78, 5) is 0. The molecule has 1 nitrogen and oxygen atoms in total. The van der Waals surface area contributed by atoms with Crippen LogP contribution in [-0.4, -0.2) is 18.8 Å². The Labute approximate surface area is 115 Å². The first kappa shape index (κ1) is 13.9. The summed E-state index contributed by atoms with van der Waals surface area (Å²) in [6, 6.07) is 4.43. The lowest BCUT2D eigenvalue weighted by atomic mass is 9.81. The average Bonchev–Trinajstić information content (AvgIpc) is 2.35. The summed E-state index contributed by atoms with van der Waals surface area (Å²) in [5.74, 6) is -0.313. The van der Waals surface area contributed by atoms with Gasteiger partial charge in [-0.05, 0) is 50.1 Å². The van der Waals surface area contributed by atoms with E-state index >= 15 is 0 Å². The summed E-state index contributed by atoms with van der Waals surface area (Å²) in [6.07, 6.45) is 2.15. The van der Waals surface area contributed by atoms with Gasteiger partial charge in [0.25, 0.3) is 0 Å². The van der Waals surface area contributed by atoms with Crippen LogP contribution in [0.5, 0.6) is 0 Å². The van der Waals surface area contributed by atoms with E-state index in [9.17, 15) is 8.78 Å². The Bertz CT molecular complexity index is 414. The summed E-state index contributed by atoms with van der Waals surface area (Å²) in [6.45, 7) is 3.30. The average molecular weight is 318 g/mol. The Morgan fingerprint density at radius 1 is 1.50 bits per heavy atom. The maximum absolute atomic E-state index is 14.8. The topological polar surface area (TPSA) is 12.0 Å². The van der Waals surface area contributed by atoms with Crippen molar-refractivity contribution in [1.29, 1.82) is 0 Å². The van der Waals surface area contributed by atoms with Crippen LogP contribution in [0.15, 0.2) is 22.7 Å². The van der Waals surface area contributed by atoms with E-state index in [1.165, 1.54) is 12.1 Å². The number of hydrogen-bond donors (Lipinski definition) is 1. The molecule has 1 N–H and O–H groups in total. The van der Waals surface area contributed by atoms with Crippen LogP contribution < -0.4 is 5.32 Å².